The van der Waals surface area contributed by atoms with Gasteiger partial charge >= 0.3 is 0 Å². The van der Waals surface area contributed by atoms with Gasteiger partial charge in [0.1, 0.15) is 5.69 Å². The number of nitrogen functional groups attached to an aromatic ring is 2. The lowest BCUT2D eigenvalue weighted by molar-refractivity contribution is 1.30. The average Bonchev–Trinajstić information content (AvgIpc) is 2.39. The van der Waals surface area contributed by atoms with Crippen LogP contribution in [-0.4, -0.2) is 9.97 Å². The van der Waals surface area contributed by atoms with Gasteiger partial charge in [-0.15, -0.1) is 0 Å². The molecule has 0 aliphatic carbocycles. The van der Waals surface area contributed by atoms with E-state index in [1.54, 1.807) is 0 Å². The Labute approximate surface area is 104 Å². The first-order valence-electron chi connectivity index (χ1n) is 5.62. The summed E-state index contributed by atoms with van der Waals surface area (Å²) < 4.78 is 0. The van der Waals surface area contributed by atoms with E-state index in [9.17, 15) is 0 Å². The summed E-state index contributed by atoms with van der Waals surface area (Å²) in [5.74, 6) is 0.429. The Hall–Kier alpha value is -2.62. The lowest BCUT2D eigenvalue weighted by Gasteiger charge is -2.06. The molecule has 0 spiro atoms. The highest BCUT2D eigenvalue weighted by molar-refractivity contribution is 5.82. The second-order valence-electron chi connectivity index (χ2n) is 4.07. The Kier molecular flexibility index (Phi) is 2.34. The third-order valence-electron chi connectivity index (χ3n) is 2.78. The molecule has 0 unspecified atom stereocenters. The van der Waals surface area contributed by atoms with Gasteiger partial charge in [0.05, 0.1) is 11.0 Å². The zero-order valence-electron chi connectivity index (χ0n) is 9.67. The lowest BCUT2D eigenvalue weighted by Crippen LogP contribution is -1.98. The van der Waals surface area contributed by atoms with Crippen molar-refractivity contribution in [3.63, 3.8) is 0 Å². The number of benzene rings is 2. The zero-order valence-corrected chi connectivity index (χ0v) is 9.67. The predicted molar refractivity (Wildman–Crippen MR) is 73.8 cm³/mol. The molecule has 0 saturated heterocycles. The van der Waals surface area contributed by atoms with Crippen LogP contribution in [0.15, 0.2) is 48.5 Å². The van der Waals surface area contributed by atoms with Gasteiger partial charge in [-0.05, 0) is 24.3 Å². The fourth-order valence-electron chi connectivity index (χ4n) is 1.87. The van der Waals surface area contributed by atoms with Crippen molar-refractivity contribution in [2.24, 2.45) is 0 Å². The Bertz CT molecular complexity index is 705. The number of anilines is 2. The fourth-order valence-corrected chi connectivity index (χ4v) is 1.87. The van der Waals surface area contributed by atoms with Gasteiger partial charge < -0.3 is 11.5 Å². The molecule has 4 heteroatoms. The summed E-state index contributed by atoms with van der Waals surface area (Å²) in [6, 6.07) is 15.1. The summed E-state index contributed by atoms with van der Waals surface area (Å²) >= 11 is 0. The molecule has 3 rings (SSSR count). The van der Waals surface area contributed by atoms with Gasteiger partial charge in [-0.3, -0.25) is 0 Å². The molecule has 0 aliphatic rings. The van der Waals surface area contributed by atoms with Crippen LogP contribution < -0.4 is 11.5 Å². The van der Waals surface area contributed by atoms with Crippen LogP contribution in [0.2, 0.25) is 0 Å². The summed E-state index contributed by atoms with van der Waals surface area (Å²) in [4.78, 5) is 8.90. The Morgan fingerprint density at radius 3 is 2.00 bits per heavy atom. The van der Waals surface area contributed by atoms with Gasteiger partial charge in [-0.25, -0.2) is 9.97 Å². The van der Waals surface area contributed by atoms with E-state index < -0.39 is 0 Å². The topological polar surface area (TPSA) is 77.8 Å². The van der Waals surface area contributed by atoms with Crippen LogP contribution in [0, 0.1) is 0 Å². The lowest BCUT2D eigenvalue weighted by atomic mass is 10.1. The van der Waals surface area contributed by atoms with Crippen LogP contribution in [0.25, 0.3) is 22.3 Å². The second kappa shape index (κ2) is 4.00. The van der Waals surface area contributed by atoms with E-state index in [4.69, 9.17) is 11.5 Å². The molecule has 4 N–H and O–H groups in total. The van der Waals surface area contributed by atoms with Gasteiger partial charge in [0.15, 0.2) is 5.82 Å². The average molecular weight is 236 g/mol. The highest BCUT2D eigenvalue weighted by Gasteiger charge is 2.07. The zero-order chi connectivity index (χ0) is 12.5. The van der Waals surface area contributed by atoms with E-state index in [-0.39, 0.29) is 0 Å². The van der Waals surface area contributed by atoms with Crippen LogP contribution in [0.1, 0.15) is 0 Å². The number of hydrogen-bond acceptors (Lipinski definition) is 4. The smallest absolute Gasteiger partial charge is 0.150 e. The van der Waals surface area contributed by atoms with Crippen LogP contribution in [-0.2, 0) is 0 Å². The molecular formula is C14H12N4. The van der Waals surface area contributed by atoms with E-state index >= 15 is 0 Å². The molecule has 0 aliphatic heterocycles. The minimum absolute atomic E-state index is 0.429. The summed E-state index contributed by atoms with van der Waals surface area (Å²) in [5.41, 5.74) is 15.6. The monoisotopic (exact) mass is 236 g/mol. The van der Waals surface area contributed by atoms with E-state index in [1.807, 2.05) is 48.5 Å². The van der Waals surface area contributed by atoms with Gasteiger partial charge in [-0.1, -0.05) is 24.3 Å². The first-order valence-corrected chi connectivity index (χ1v) is 5.62. The quantitative estimate of drug-likeness (QED) is 0.636. The third-order valence-corrected chi connectivity index (χ3v) is 2.78. The first kappa shape index (κ1) is 10.5. The number of nitrogens with two attached hydrogens (primary N) is 2. The third kappa shape index (κ3) is 1.73. The van der Waals surface area contributed by atoms with Crippen molar-refractivity contribution in [3.05, 3.63) is 48.5 Å². The maximum absolute atomic E-state index is 5.95. The summed E-state index contributed by atoms with van der Waals surface area (Å²) in [5, 5.41) is 0. The summed E-state index contributed by atoms with van der Waals surface area (Å²) in [6.45, 7) is 0. The van der Waals surface area contributed by atoms with E-state index in [2.05, 4.69) is 9.97 Å². The summed E-state index contributed by atoms with van der Waals surface area (Å²) in [7, 11) is 0. The van der Waals surface area contributed by atoms with Crippen molar-refractivity contribution in [2.45, 2.75) is 0 Å². The van der Waals surface area contributed by atoms with E-state index in [0.29, 0.717) is 17.2 Å². The number of aromatic nitrogens is 2. The molecule has 3 aromatic rings. The van der Waals surface area contributed by atoms with Gasteiger partial charge in [0.25, 0.3) is 0 Å². The highest BCUT2D eigenvalue weighted by Crippen LogP contribution is 2.25. The Morgan fingerprint density at radius 2 is 1.33 bits per heavy atom. The van der Waals surface area contributed by atoms with Crippen LogP contribution in [0.4, 0.5) is 11.5 Å². The number of hydrogen-bond donors (Lipinski definition) is 2. The van der Waals surface area contributed by atoms with Crippen LogP contribution >= 0.6 is 0 Å². The molecule has 0 fully saturated rings. The number of para-hydroxylation sites is 2. The molecule has 0 bridgehead atoms. The second-order valence-corrected chi connectivity index (χ2v) is 4.07. The van der Waals surface area contributed by atoms with Gasteiger partial charge in [0, 0.05) is 11.3 Å². The maximum atomic E-state index is 5.95. The molecule has 2 aromatic carbocycles. The fraction of sp³-hybridized carbons (Fsp3) is 0. The Balaban J connectivity index is 2.22. The Morgan fingerprint density at radius 1 is 0.722 bits per heavy atom. The van der Waals surface area contributed by atoms with Crippen molar-refractivity contribution < 1.29 is 0 Å². The standard InChI is InChI=1S/C14H12N4/c15-10-7-5-9(6-8-10)13-14(16)18-12-4-2-1-3-11(12)17-13/h1-8H,15H2,(H2,16,18). The molecule has 0 amide bonds. The van der Waals surface area contributed by atoms with Crippen molar-refractivity contribution >= 4 is 22.5 Å². The molecule has 4 nitrogen and oxygen atoms in total. The van der Waals surface area contributed by atoms with Gasteiger partial charge in [0.2, 0.25) is 0 Å². The van der Waals surface area contributed by atoms with Gasteiger partial charge in [-0.2, -0.15) is 0 Å². The number of fused-ring (bicyclic) bond motifs is 1. The molecule has 1 heterocycles. The van der Waals surface area contributed by atoms with E-state index in [1.165, 1.54) is 0 Å². The maximum Gasteiger partial charge on any atom is 0.150 e. The minimum atomic E-state index is 0.429. The molecule has 0 atom stereocenters. The van der Waals surface area contributed by atoms with Crippen molar-refractivity contribution in [2.75, 3.05) is 11.5 Å². The number of nitrogens with zero attached hydrogens (tertiary/aromatic N) is 2. The highest BCUT2D eigenvalue weighted by atomic mass is 14.9. The number of rotatable bonds is 1. The van der Waals surface area contributed by atoms with Crippen molar-refractivity contribution in [1.82, 2.24) is 9.97 Å². The molecule has 18 heavy (non-hydrogen) atoms. The molecule has 88 valence electrons. The normalized spacial score (nSPS) is 10.7. The first-order chi connectivity index (χ1) is 8.74. The molecule has 1 aromatic heterocycles. The van der Waals surface area contributed by atoms with Crippen LogP contribution in [0.5, 0.6) is 0 Å². The summed E-state index contributed by atoms with van der Waals surface area (Å²) in [6.07, 6.45) is 0. The van der Waals surface area contributed by atoms with Crippen LogP contribution in [0.3, 0.4) is 0 Å². The van der Waals surface area contributed by atoms with Crippen molar-refractivity contribution in [3.8, 4) is 11.3 Å². The SMILES string of the molecule is Nc1ccc(-c2nc3ccccc3nc2N)cc1. The molecule has 0 radical (unpaired) electrons. The largest absolute Gasteiger partial charge is 0.399 e. The van der Waals surface area contributed by atoms with Crippen molar-refractivity contribution in [1.29, 1.82) is 0 Å². The minimum Gasteiger partial charge on any atom is -0.399 e. The molecular weight excluding hydrogens is 224 g/mol. The molecule has 0 saturated carbocycles. The van der Waals surface area contributed by atoms with E-state index in [0.717, 1.165) is 16.6 Å². The predicted octanol–water partition coefficient (Wildman–Crippen LogP) is 2.46.